The Morgan fingerprint density at radius 3 is 2.79 bits per heavy atom. The first-order valence-electron chi connectivity index (χ1n) is 6.02. The molecule has 6 heteroatoms. The fourth-order valence-corrected chi connectivity index (χ4v) is 3.05. The molecule has 1 heterocycles. The SMILES string of the molecule is O=C(O)CN1CSC(NC(=O)Cc2ccccc2)C1. The number of amides is 1. The summed E-state index contributed by atoms with van der Waals surface area (Å²) in [7, 11) is 0. The Morgan fingerprint density at radius 2 is 2.11 bits per heavy atom. The summed E-state index contributed by atoms with van der Waals surface area (Å²) in [5.41, 5.74) is 0.977. The fourth-order valence-electron chi connectivity index (χ4n) is 1.94. The Labute approximate surface area is 116 Å². The molecular weight excluding hydrogens is 264 g/mol. The van der Waals surface area contributed by atoms with Gasteiger partial charge in [0.2, 0.25) is 5.91 Å². The summed E-state index contributed by atoms with van der Waals surface area (Å²) in [6.07, 6.45) is 0.358. The van der Waals surface area contributed by atoms with Crippen molar-refractivity contribution < 1.29 is 14.7 Å². The van der Waals surface area contributed by atoms with Gasteiger partial charge in [0.1, 0.15) is 0 Å². The molecular formula is C13H16N2O3S. The highest BCUT2D eigenvalue weighted by Crippen LogP contribution is 2.20. The van der Waals surface area contributed by atoms with E-state index in [0.717, 1.165) is 5.56 Å². The second-order valence-electron chi connectivity index (χ2n) is 4.42. The molecule has 1 aromatic carbocycles. The molecule has 1 amide bonds. The summed E-state index contributed by atoms with van der Waals surface area (Å²) in [5.74, 6) is -0.222. The first-order valence-corrected chi connectivity index (χ1v) is 7.07. The van der Waals surface area contributed by atoms with Crippen molar-refractivity contribution in [3.63, 3.8) is 0 Å². The zero-order valence-electron chi connectivity index (χ0n) is 10.4. The lowest BCUT2D eigenvalue weighted by Gasteiger charge is -2.13. The highest BCUT2D eigenvalue weighted by Gasteiger charge is 2.25. The molecule has 0 spiro atoms. The standard InChI is InChI=1S/C13H16N2O3S/c16-11(6-10-4-2-1-3-5-10)14-12-7-15(9-19-12)8-13(17)18/h1-5,12H,6-9H2,(H,14,16)(H,17,18). The van der Waals surface area contributed by atoms with Crippen LogP contribution in [-0.4, -0.2) is 46.2 Å². The second kappa shape index (κ2) is 6.58. The Morgan fingerprint density at radius 1 is 1.37 bits per heavy atom. The molecule has 1 aromatic rings. The van der Waals surface area contributed by atoms with E-state index in [0.29, 0.717) is 18.8 Å². The van der Waals surface area contributed by atoms with Crippen LogP contribution in [0.1, 0.15) is 5.56 Å². The van der Waals surface area contributed by atoms with Crippen LogP contribution in [0.15, 0.2) is 30.3 Å². The Hall–Kier alpha value is -1.53. The molecule has 1 unspecified atom stereocenters. The number of hydrogen-bond acceptors (Lipinski definition) is 4. The molecule has 1 aliphatic rings. The van der Waals surface area contributed by atoms with E-state index in [-0.39, 0.29) is 17.8 Å². The fraction of sp³-hybridized carbons (Fsp3) is 0.385. The van der Waals surface area contributed by atoms with Gasteiger partial charge in [0.15, 0.2) is 0 Å². The predicted octanol–water partition coefficient (Wildman–Crippen LogP) is 0.762. The summed E-state index contributed by atoms with van der Waals surface area (Å²) < 4.78 is 0. The van der Waals surface area contributed by atoms with Crippen molar-refractivity contribution in [3.8, 4) is 0 Å². The molecule has 1 fully saturated rings. The third-order valence-electron chi connectivity index (χ3n) is 2.77. The second-order valence-corrected chi connectivity index (χ2v) is 5.58. The van der Waals surface area contributed by atoms with Crippen molar-refractivity contribution in [2.24, 2.45) is 0 Å². The van der Waals surface area contributed by atoms with Gasteiger partial charge in [0.05, 0.1) is 18.3 Å². The van der Waals surface area contributed by atoms with Crippen LogP contribution in [0.3, 0.4) is 0 Å². The van der Waals surface area contributed by atoms with Crippen molar-refractivity contribution >= 4 is 23.6 Å². The van der Waals surface area contributed by atoms with Gasteiger partial charge in [-0.1, -0.05) is 30.3 Å². The Kier molecular flexibility index (Phi) is 4.81. The van der Waals surface area contributed by atoms with Crippen LogP contribution < -0.4 is 5.32 Å². The number of rotatable bonds is 5. The largest absolute Gasteiger partial charge is 0.480 e. The molecule has 0 radical (unpaired) electrons. The minimum absolute atomic E-state index is 0.0180. The number of carbonyl (C=O) groups is 2. The van der Waals surface area contributed by atoms with E-state index in [2.05, 4.69) is 5.32 Å². The van der Waals surface area contributed by atoms with Gasteiger partial charge in [-0.2, -0.15) is 0 Å². The molecule has 102 valence electrons. The van der Waals surface area contributed by atoms with E-state index in [1.54, 1.807) is 16.7 Å². The maximum absolute atomic E-state index is 11.8. The third kappa shape index (κ3) is 4.57. The van der Waals surface area contributed by atoms with Gasteiger partial charge in [-0.25, -0.2) is 0 Å². The molecule has 1 saturated heterocycles. The number of thioether (sulfide) groups is 1. The number of aliphatic carboxylic acids is 1. The number of hydrogen-bond donors (Lipinski definition) is 2. The number of carboxylic acid groups (broad SMARTS) is 1. The van der Waals surface area contributed by atoms with Gasteiger partial charge in [-0.15, -0.1) is 11.8 Å². The molecule has 0 aromatic heterocycles. The van der Waals surface area contributed by atoms with Crippen LogP contribution in [0.25, 0.3) is 0 Å². The van der Waals surface area contributed by atoms with Crippen molar-refractivity contribution in [2.75, 3.05) is 19.0 Å². The van der Waals surface area contributed by atoms with E-state index in [9.17, 15) is 9.59 Å². The number of benzene rings is 1. The molecule has 0 bridgehead atoms. The highest BCUT2D eigenvalue weighted by molar-refractivity contribution is 8.00. The third-order valence-corrected chi connectivity index (χ3v) is 3.95. The van der Waals surface area contributed by atoms with Gasteiger partial charge < -0.3 is 10.4 Å². The lowest BCUT2D eigenvalue weighted by atomic mass is 10.1. The Balaban J connectivity index is 1.76. The van der Waals surface area contributed by atoms with Crippen molar-refractivity contribution in [2.45, 2.75) is 11.8 Å². The number of carbonyl (C=O) groups excluding carboxylic acids is 1. The zero-order chi connectivity index (χ0) is 13.7. The van der Waals surface area contributed by atoms with E-state index in [4.69, 9.17) is 5.11 Å². The summed E-state index contributed by atoms with van der Waals surface area (Å²) in [6, 6.07) is 9.55. The summed E-state index contributed by atoms with van der Waals surface area (Å²) >= 11 is 1.56. The van der Waals surface area contributed by atoms with Crippen molar-refractivity contribution in [1.29, 1.82) is 0 Å². The number of nitrogens with one attached hydrogen (secondary N) is 1. The van der Waals surface area contributed by atoms with Crippen LogP contribution in [0, 0.1) is 0 Å². The summed E-state index contributed by atoms with van der Waals surface area (Å²) in [5, 5.41) is 11.6. The summed E-state index contributed by atoms with van der Waals surface area (Å²) in [4.78, 5) is 24.2. The lowest BCUT2D eigenvalue weighted by Crippen LogP contribution is -2.37. The van der Waals surface area contributed by atoms with E-state index in [1.165, 1.54) is 0 Å². The molecule has 2 rings (SSSR count). The molecule has 2 N–H and O–H groups in total. The molecule has 1 atom stereocenters. The van der Waals surface area contributed by atoms with Crippen LogP contribution in [0.2, 0.25) is 0 Å². The van der Waals surface area contributed by atoms with E-state index >= 15 is 0 Å². The molecule has 0 aliphatic carbocycles. The highest BCUT2D eigenvalue weighted by atomic mass is 32.2. The predicted molar refractivity (Wildman–Crippen MR) is 73.7 cm³/mol. The topological polar surface area (TPSA) is 69.6 Å². The van der Waals surface area contributed by atoms with E-state index < -0.39 is 5.97 Å². The number of nitrogens with zero attached hydrogens (tertiary/aromatic N) is 1. The molecule has 1 aliphatic heterocycles. The van der Waals surface area contributed by atoms with Crippen molar-refractivity contribution in [3.05, 3.63) is 35.9 Å². The minimum Gasteiger partial charge on any atom is -0.480 e. The zero-order valence-corrected chi connectivity index (χ0v) is 11.2. The van der Waals surface area contributed by atoms with Crippen LogP contribution in [-0.2, 0) is 16.0 Å². The normalized spacial score (nSPS) is 19.3. The number of carboxylic acids is 1. The van der Waals surface area contributed by atoms with Gasteiger partial charge in [-0.05, 0) is 5.56 Å². The van der Waals surface area contributed by atoms with Crippen LogP contribution in [0.5, 0.6) is 0 Å². The van der Waals surface area contributed by atoms with Gasteiger partial charge in [0, 0.05) is 12.4 Å². The Bertz CT molecular complexity index is 452. The maximum atomic E-state index is 11.8. The van der Waals surface area contributed by atoms with Gasteiger partial charge in [0.25, 0.3) is 0 Å². The van der Waals surface area contributed by atoms with Gasteiger partial charge >= 0.3 is 5.97 Å². The quantitative estimate of drug-likeness (QED) is 0.833. The average molecular weight is 280 g/mol. The molecule has 19 heavy (non-hydrogen) atoms. The lowest BCUT2D eigenvalue weighted by molar-refractivity contribution is -0.137. The average Bonchev–Trinajstić information content (AvgIpc) is 2.76. The molecule has 0 saturated carbocycles. The maximum Gasteiger partial charge on any atom is 0.317 e. The first kappa shape index (κ1) is 13.9. The molecule has 5 nitrogen and oxygen atoms in total. The van der Waals surface area contributed by atoms with Gasteiger partial charge in [-0.3, -0.25) is 14.5 Å². The van der Waals surface area contributed by atoms with Crippen LogP contribution >= 0.6 is 11.8 Å². The smallest absolute Gasteiger partial charge is 0.317 e. The summed E-state index contributed by atoms with van der Waals surface area (Å²) in [6.45, 7) is 0.607. The first-order chi connectivity index (χ1) is 9.13. The monoisotopic (exact) mass is 280 g/mol. The van der Waals surface area contributed by atoms with E-state index in [1.807, 2.05) is 30.3 Å². The van der Waals surface area contributed by atoms with Crippen LogP contribution in [0.4, 0.5) is 0 Å². The minimum atomic E-state index is -0.836. The van der Waals surface area contributed by atoms with Crippen molar-refractivity contribution in [1.82, 2.24) is 10.2 Å².